The molecule has 0 bridgehead atoms. The molecule has 0 saturated heterocycles. The molecule has 4 N–H and O–H groups in total. The lowest BCUT2D eigenvalue weighted by Crippen LogP contribution is -2.48. The van der Waals surface area contributed by atoms with Crippen LogP contribution in [0.3, 0.4) is 0 Å². The fourth-order valence-electron chi connectivity index (χ4n) is 1.07. The van der Waals surface area contributed by atoms with Crippen molar-refractivity contribution in [3.8, 4) is 5.75 Å². The number of phenolic OH excluding ortho intramolecular Hbond substituents is 1. The normalized spacial score (nSPS) is 9.62. The predicted molar refractivity (Wildman–Crippen MR) is 64.7 cm³/mol. The van der Waals surface area contributed by atoms with Crippen LogP contribution < -0.4 is 11.2 Å². The molecule has 1 rings (SSSR count). The van der Waals surface area contributed by atoms with Gasteiger partial charge in [-0.2, -0.15) is 0 Å². The molecule has 0 aliphatic carbocycles. The zero-order valence-electron chi connectivity index (χ0n) is 8.80. The summed E-state index contributed by atoms with van der Waals surface area (Å²) >= 11 is 4.90. The van der Waals surface area contributed by atoms with Crippen molar-refractivity contribution in [1.82, 2.24) is 10.3 Å². The second kappa shape index (κ2) is 5.43. The molecule has 16 heavy (non-hydrogen) atoms. The van der Waals surface area contributed by atoms with Gasteiger partial charge in [0.25, 0.3) is 5.91 Å². The van der Waals surface area contributed by atoms with Crippen LogP contribution >= 0.6 is 12.2 Å². The lowest BCUT2D eigenvalue weighted by atomic mass is 10.2. The standard InChI is InChI=1S/C10H13N3O2S/c1-2-12-10(16)13(11)9(15)7-3-5-8(14)6-4-7/h3-6,14H,2,11H2,1H3,(H,12,16). The van der Waals surface area contributed by atoms with Gasteiger partial charge in [-0.05, 0) is 43.4 Å². The van der Waals surface area contributed by atoms with Gasteiger partial charge in [-0.3, -0.25) is 4.79 Å². The topological polar surface area (TPSA) is 78.6 Å². The van der Waals surface area contributed by atoms with Gasteiger partial charge in [0.2, 0.25) is 0 Å². The maximum absolute atomic E-state index is 11.8. The highest BCUT2D eigenvalue weighted by atomic mass is 32.1. The van der Waals surface area contributed by atoms with Crippen molar-refractivity contribution >= 4 is 23.2 Å². The Labute approximate surface area is 98.8 Å². The van der Waals surface area contributed by atoms with E-state index in [0.717, 1.165) is 5.01 Å². The molecule has 0 heterocycles. The van der Waals surface area contributed by atoms with Crippen molar-refractivity contribution in [3.63, 3.8) is 0 Å². The van der Waals surface area contributed by atoms with Gasteiger partial charge in [0.1, 0.15) is 5.75 Å². The summed E-state index contributed by atoms with van der Waals surface area (Å²) in [7, 11) is 0. The van der Waals surface area contributed by atoms with Gasteiger partial charge in [-0.15, -0.1) is 0 Å². The molecule has 5 nitrogen and oxygen atoms in total. The number of nitrogens with one attached hydrogen (secondary N) is 1. The summed E-state index contributed by atoms with van der Waals surface area (Å²) < 4.78 is 0. The van der Waals surface area contributed by atoms with Gasteiger partial charge in [-0.25, -0.2) is 10.9 Å². The Morgan fingerprint density at radius 2 is 2.06 bits per heavy atom. The molecule has 0 aromatic heterocycles. The second-order valence-corrected chi connectivity index (χ2v) is 3.44. The number of hydrazine groups is 1. The maximum atomic E-state index is 11.8. The van der Waals surface area contributed by atoms with Gasteiger partial charge >= 0.3 is 0 Å². The average Bonchev–Trinajstić information content (AvgIpc) is 2.28. The van der Waals surface area contributed by atoms with Crippen molar-refractivity contribution < 1.29 is 9.90 Å². The first-order valence-electron chi connectivity index (χ1n) is 4.72. The number of benzene rings is 1. The van der Waals surface area contributed by atoms with E-state index >= 15 is 0 Å². The molecule has 1 amide bonds. The zero-order valence-corrected chi connectivity index (χ0v) is 9.62. The number of rotatable bonds is 2. The first-order chi connectivity index (χ1) is 7.56. The molecule has 0 saturated carbocycles. The van der Waals surface area contributed by atoms with E-state index in [4.69, 9.17) is 23.2 Å². The maximum Gasteiger partial charge on any atom is 0.274 e. The van der Waals surface area contributed by atoms with E-state index in [-0.39, 0.29) is 10.9 Å². The summed E-state index contributed by atoms with van der Waals surface area (Å²) in [6, 6.07) is 5.78. The highest BCUT2D eigenvalue weighted by molar-refractivity contribution is 7.80. The van der Waals surface area contributed by atoms with E-state index in [1.54, 1.807) is 0 Å². The second-order valence-electron chi connectivity index (χ2n) is 3.06. The summed E-state index contributed by atoms with van der Waals surface area (Å²) in [5.74, 6) is 5.20. The van der Waals surface area contributed by atoms with E-state index in [0.29, 0.717) is 12.1 Å². The first kappa shape index (κ1) is 12.4. The largest absolute Gasteiger partial charge is 0.508 e. The highest BCUT2D eigenvalue weighted by Crippen LogP contribution is 2.10. The molecular weight excluding hydrogens is 226 g/mol. The minimum atomic E-state index is -0.425. The molecule has 0 aliphatic rings. The number of hydrogen-bond acceptors (Lipinski definition) is 4. The van der Waals surface area contributed by atoms with Crippen LogP contribution in [0, 0.1) is 0 Å². The molecule has 0 atom stereocenters. The molecule has 0 radical (unpaired) electrons. The summed E-state index contributed by atoms with van der Waals surface area (Å²) in [4.78, 5) is 11.8. The fraction of sp³-hybridized carbons (Fsp3) is 0.200. The molecule has 0 aliphatic heterocycles. The fourth-order valence-corrected chi connectivity index (χ4v) is 1.30. The summed E-state index contributed by atoms with van der Waals surface area (Å²) in [5.41, 5.74) is 0.362. The third-order valence-corrected chi connectivity index (χ3v) is 2.22. The van der Waals surface area contributed by atoms with Crippen LogP contribution in [0.2, 0.25) is 0 Å². The minimum absolute atomic E-state index is 0.0920. The van der Waals surface area contributed by atoms with Gasteiger partial charge in [-0.1, -0.05) is 0 Å². The van der Waals surface area contributed by atoms with Gasteiger partial charge in [0, 0.05) is 12.1 Å². The number of nitrogens with zero attached hydrogens (tertiary/aromatic N) is 1. The number of carbonyl (C=O) groups excluding carboxylic acids is 1. The molecule has 1 aromatic rings. The van der Waals surface area contributed by atoms with Crippen LogP contribution in [-0.4, -0.2) is 27.7 Å². The van der Waals surface area contributed by atoms with Crippen molar-refractivity contribution in [1.29, 1.82) is 0 Å². The van der Waals surface area contributed by atoms with Crippen molar-refractivity contribution in [3.05, 3.63) is 29.8 Å². The number of thiocarbonyl (C=S) groups is 1. The Hall–Kier alpha value is -1.66. The Kier molecular flexibility index (Phi) is 4.21. The summed E-state index contributed by atoms with van der Waals surface area (Å²) in [6.07, 6.45) is 0. The smallest absolute Gasteiger partial charge is 0.274 e. The van der Waals surface area contributed by atoms with Crippen LogP contribution in [-0.2, 0) is 0 Å². The number of carbonyl (C=O) groups is 1. The van der Waals surface area contributed by atoms with Crippen LogP contribution in [0.15, 0.2) is 24.3 Å². The van der Waals surface area contributed by atoms with Crippen molar-refractivity contribution in [2.45, 2.75) is 6.92 Å². The quantitative estimate of drug-likeness (QED) is 0.305. The Morgan fingerprint density at radius 1 is 1.50 bits per heavy atom. The third kappa shape index (κ3) is 2.91. The first-order valence-corrected chi connectivity index (χ1v) is 5.13. The van der Waals surface area contributed by atoms with Crippen LogP contribution in [0.4, 0.5) is 0 Å². The molecule has 1 aromatic carbocycles. The average molecular weight is 239 g/mol. The molecule has 0 spiro atoms. The third-order valence-electron chi connectivity index (χ3n) is 1.88. The van der Waals surface area contributed by atoms with Crippen LogP contribution in [0.1, 0.15) is 17.3 Å². The Bertz CT molecular complexity index is 392. The lowest BCUT2D eigenvalue weighted by Gasteiger charge is -2.17. The number of hydrogen-bond donors (Lipinski definition) is 3. The number of phenols is 1. The SMILES string of the molecule is CCNC(=S)N(N)C(=O)c1ccc(O)cc1. The van der Waals surface area contributed by atoms with E-state index in [9.17, 15) is 4.79 Å². The number of nitrogens with two attached hydrogens (primary N) is 1. The van der Waals surface area contributed by atoms with Gasteiger partial charge < -0.3 is 10.4 Å². The molecule has 0 unspecified atom stereocenters. The van der Waals surface area contributed by atoms with E-state index in [1.807, 2.05) is 6.92 Å². The van der Waals surface area contributed by atoms with E-state index in [2.05, 4.69) is 5.32 Å². The van der Waals surface area contributed by atoms with E-state index < -0.39 is 5.91 Å². The Balaban J connectivity index is 2.78. The predicted octanol–water partition coefficient (Wildman–Crippen LogP) is 0.603. The van der Waals surface area contributed by atoms with Gasteiger partial charge in [0.15, 0.2) is 5.11 Å². The number of aromatic hydroxyl groups is 1. The summed E-state index contributed by atoms with van der Waals surface area (Å²) in [6.45, 7) is 2.45. The van der Waals surface area contributed by atoms with Crippen LogP contribution in [0.5, 0.6) is 5.75 Å². The van der Waals surface area contributed by atoms with Crippen LogP contribution in [0.25, 0.3) is 0 Å². The minimum Gasteiger partial charge on any atom is -0.508 e. The molecular formula is C10H13N3O2S. The monoisotopic (exact) mass is 239 g/mol. The van der Waals surface area contributed by atoms with Crippen molar-refractivity contribution in [2.75, 3.05) is 6.54 Å². The lowest BCUT2D eigenvalue weighted by molar-refractivity contribution is 0.0846. The number of amides is 1. The zero-order chi connectivity index (χ0) is 12.1. The van der Waals surface area contributed by atoms with E-state index in [1.165, 1.54) is 24.3 Å². The molecule has 86 valence electrons. The molecule has 6 heteroatoms. The van der Waals surface area contributed by atoms with Gasteiger partial charge in [0.05, 0.1) is 0 Å². The highest BCUT2D eigenvalue weighted by Gasteiger charge is 2.15. The molecule has 0 fully saturated rings. The Morgan fingerprint density at radius 3 is 2.56 bits per heavy atom. The summed E-state index contributed by atoms with van der Waals surface area (Å²) in [5, 5.41) is 12.9. The van der Waals surface area contributed by atoms with Crippen molar-refractivity contribution in [2.24, 2.45) is 5.84 Å².